The second-order valence-electron chi connectivity index (χ2n) is 2.42. The fourth-order valence-corrected chi connectivity index (χ4v) is 1.47. The minimum absolute atomic E-state index is 0.371. The minimum Gasteiger partial charge on any atom is -0.326 e. The van der Waals surface area contributed by atoms with Gasteiger partial charge in [-0.05, 0) is 12.5 Å². The number of rotatable bonds is 2. The van der Waals surface area contributed by atoms with Crippen LogP contribution in [0.5, 0.6) is 0 Å². The molecule has 0 atom stereocenters. The van der Waals surface area contributed by atoms with Gasteiger partial charge in [0.05, 0.1) is 10.7 Å². The summed E-state index contributed by atoms with van der Waals surface area (Å²) < 4.78 is 0. The third-order valence-corrected chi connectivity index (χ3v) is 2.28. The van der Waals surface area contributed by atoms with Crippen LogP contribution in [-0.4, -0.2) is 4.98 Å². The summed E-state index contributed by atoms with van der Waals surface area (Å²) in [5.41, 5.74) is 7.04. The number of pyridine rings is 1. The van der Waals surface area contributed by atoms with E-state index in [-0.39, 0.29) is 0 Å². The number of aromatic nitrogens is 1. The number of nitrogens with zero attached hydrogens (tertiary/aromatic N) is 1. The monoisotopic (exact) mass is 204 g/mol. The van der Waals surface area contributed by atoms with Gasteiger partial charge >= 0.3 is 0 Å². The molecule has 0 bridgehead atoms. The Morgan fingerprint density at radius 2 is 2.17 bits per heavy atom. The molecule has 0 radical (unpaired) electrons. The molecular formula is C8H10Cl2N2. The largest absolute Gasteiger partial charge is 0.326 e. The van der Waals surface area contributed by atoms with E-state index in [1.54, 1.807) is 6.07 Å². The van der Waals surface area contributed by atoms with Gasteiger partial charge in [0.1, 0.15) is 5.15 Å². The summed E-state index contributed by atoms with van der Waals surface area (Å²) in [6.07, 6.45) is 0.781. The lowest BCUT2D eigenvalue weighted by Crippen LogP contribution is -2.01. The molecule has 0 aromatic carbocycles. The maximum Gasteiger partial charge on any atom is 0.133 e. The van der Waals surface area contributed by atoms with Crippen molar-refractivity contribution in [1.29, 1.82) is 0 Å². The zero-order valence-corrected chi connectivity index (χ0v) is 8.28. The Morgan fingerprint density at radius 3 is 2.67 bits per heavy atom. The minimum atomic E-state index is 0.371. The summed E-state index contributed by atoms with van der Waals surface area (Å²) in [5, 5.41) is 1.10. The van der Waals surface area contributed by atoms with E-state index in [2.05, 4.69) is 4.98 Å². The predicted molar refractivity (Wildman–Crippen MR) is 51.5 cm³/mol. The summed E-state index contributed by atoms with van der Waals surface area (Å²) in [7, 11) is 0. The van der Waals surface area contributed by atoms with Crippen molar-refractivity contribution >= 4 is 23.2 Å². The van der Waals surface area contributed by atoms with E-state index >= 15 is 0 Å². The highest BCUT2D eigenvalue weighted by Crippen LogP contribution is 2.21. The highest BCUT2D eigenvalue weighted by molar-refractivity contribution is 6.33. The van der Waals surface area contributed by atoms with Crippen LogP contribution in [0.15, 0.2) is 6.07 Å². The fourth-order valence-electron chi connectivity index (χ4n) is 0.931. The Labute approximate surface area is 81.7 Å². The summed E-state index contributed by atoms with van der Waals surface area (Å²) in [6.45, 7) is 2.35. The van der Waals surface area contributed by atoms with Crippen molar-refractivity contribution in [3.05, 3.63) is 27.5 Å². The van der Waals surface area contributed by atoms with E-state index < -0.39 is 0 Å². The summed E-state index contributed by atoms with van der Waals surface area (Å²) in [6, 6.07) is 1.77. The van der Waals surface area contributed by atoms with Gasteiger partial charge in [-0.1, -0.05) is 30.1 Å². The van der Waals surface area contributed by atoms with Crippen LogP contribution in [0.1, 0.15) is 18.2 Å². The number of halogens is 2. The molecule has 0 fully saturated rings. The fraction of sp³-hybridized carbons (Fsp3) is 0.375. The molecule has 0 saturated heterocycles. The van der Waals surface area contributed by atoms with Gasteiger partial charge in [0.15, 0.2) is 0 Å². The lowest BCUT2D eigenvalue weighted by Gasteiger charge is -2.04. The molecule has 0 aliphatic carbocycles. The molecule has 12 heavy (non-hydrogen) atoms. The molecule has 0 spiro atoms. The molecule has 0 aliphatic heterocycles. The molecule has 2 nitrogen and oxygen atoms in total. The lowest BCUT2D eigenvalue weighted by atomic mass is 10.2. The second kappa shape index (κ2) is 4.08. The number of aryl methyl sites for hydroxylation is 1. The Morgan fingerprint density at radius 1 is 1.50 bits per heavy atom. The molecular weight excluding hydrogens is 195 g/mol. The van der Waals surface area contributed by atoms with Gasteiger partial charge in [0.25, 0.3) is 0 Å². The van der Waals surface area contributed by atoms with Crippen molar-refractivity contribution in [2.75, 3.05) is 0 Å². The predicted octanol–water partition coefficient (Wildman–Crippen LogP) is 2.41. The van der Waals surface area contributed by atoms with Gasteiger partial charge in [-0.2, -0.15) is 0 Å². The average Bonchev–Trinajstić information content (AvgIpc) is 2.08. The first-order valence-corrected chi connectivity index (χ1v) is 4.48. The third-order valence-electron chi connectivity index (χ3n) is 1.63. The Kier molecular flexibility index (Phi) is 3.32. The molecule has 0 amide bonds. The normalized spacial score (nSPS) is 10.3. The molecule has 0 aliphatic rings. The molecule has 0 unspecified atom stereocenters. The van der Waals surface area contributed by atoms with Crippen LogP contribution in [0, 0.1) is 0 Å². The van der Waals surface area contributed by atoms with Crippen molar-refractivity contribution in [2.45, 2.75) is 19.9 Å². The van der Waals surface area contributed by atoms with Gasteiger partial charge < -0.3 is 5.73 Å². The van der Waals surface area contributed by atoms with Gasteiger partial charge in [-0.15, -0.1) is 0 Å². The van der Waals surface area contributed by atoms with Gasteiger partial charge in [0.2, 0.25) is 0 Å². The molecule has 4 heteroatoms. The Hall–Kier alpha value is -0.310. The van der Waals surface area contributed by atoms with Crippen LogP contribution in [0.25, 0.3) is 0 Å². The average molecular weight is 205 g/mol. The van der Waals surface area contributed by atoms with Crippen molar-refractivity contribution in [1.82, 2.24) is 4.98 Å². The number of hydrogen-bond acceptors (Lipinski definition) is 2. The zero-order valence-electron chi connectivity index (χ0n) is 6.77. The summed E-state index contributed by atoms with van der Waals surface area (Å²) in [5.74, 6) is 0. The van der Waals surface area contributed by atoms with Crippen molar-refractivity contribution in [3.63, 3.8) is 0 Å². The highest BCUT2D eigenvalue weighted by atomic mass is 35.5. The maximum absolute atomic E-state index is 5.90. The standard InChI is InChI=1S/C8H10Cl2N2/c1-2-7-6(9)3-5(4-11)8(10)12-7/h3H,2,4,11H2,1H3. The highest BCUT2D eigenvalue weighted by Gasteiger charge is 2.05. The van der Waals surface area contributed by atoms with Crippen molar-refractivity contribution in [3.8, 4) is 0 Å². The van der Waals surface area contributed by atoms with Crippen LogP contribution in [0.2, 0.25) is 10.2 Å². The first-order valence-electron chi connectivity index (χ1n) is 3.72. The van der Waals surface area contributed by atoms with E-state index in [0.717, 1.165) is 17.7 Å². The van der Waals surface area contributed by atoms with E-state index in [1.165, 1.54) is 0 Å². The summed E-state index contributed by atoms with van der Waals surface area (Å²) in [4.78, 5) is 4.12. The lowest BCUT2D eigenvalue weighted by molar-refractivity contribution is 0.990. The first kappa shape index (κ1) is 9.78. The van der Waals surface area contributed by atoms with Gasteiger partial charge in [0, 0.05) is 12.1 Å². The molecule has 0 saturated carbocycles. The van der Waals surface area contributed by atoms with Crippen molar-refractivity contribution in [2.24, 2.45) is 5.73 Å². The van der Waals surface area contributed by atoms with E-state index in [9.17, 15) is 0 Å². The number of hydrogen-bond donors (Lipinski definition) is 1. The van der Waals surface area contributed by atoms with E-state index in [4.69, 9.17) is 28.9 Å². The molecule has 1 rings (SSSR count). The van der Waals surface area contributed by atoms with Crippen LogP contribution < -0.4 is 5.73 Å². The van der Waals surface area contributed by atoms with Gasteiger partial charge in [-0.3, -0.25) is 0 Å². The SMILES string of the molecule is CCc1nc(Cl)c(CN)cc1Cl. The smallest absolute Gasteiger partial charge is 0.133 e. The second-order valence-corrected chi connectivity index (χ2v) is 3.19. The Bertz CT molecular complexity index is 257. The first-order chi connectivity index (χ1) is 5.69. The van der Waals surface area contributed by atoms with Crippen LogP contribution >= 0.6 is 23.2 Å². The van der Waals surface area contributed by atoms with Crippen LogP contribution in [-0.2, 0) is 13.0 Å². The van der Waals surface area contributed by atoms with Crippen LogP contribution in [0.4, 0.5) is 0 Å². The van der Waals surface area contributed by atoms with Gasteiger partial charge in [-0.25, -0.2) is 4.98 Å². The van der Waals surface area contributed by atoms with E-state index in [0.29, 0.717) is 16.7 Å². The van der Waals surface area contributed by atoms with Crippen LogP contribution in [0.3, 0.4) is 0 Å². The molecule has 1 aromatic heterocycles. The maximum atomic E-state index is 5.90. The van der Waals surface area contributed by atoms with E-state index in [1.807, 2.05) is 6.92 Å². The zero-order chi connectivity index (χ0) is 9.14. The Balaban J connectivity index is 3.16. The molecule has 1 heterocycles. The third kappa shape index (κ3) is 1.89. The topological polar surface area (TPSA) is 38.9 Å². The van der Waals surface area contributed by atoms with Crippen molar-refractivity contribution < 1.29 is 0 Å². The molecule has 1 aromatic rings. The molecule has 66 valence electrons. The quantitative estimate of drug-likeness (QED) is 0.753. The summed E-state index contributed by atoms with van der Waals surface area (Å²) >= 11 is 11.7. The number of nitrogens with two attached hydrogens (primary N) is 1. The molecule has 2 N–H and O–H groups in total.